The summed E-state index contributed by atoms with van der Waals surface area (Å²) in [6, 6.07) is 1.85. The van der Waals surface area contributed by atoms with Crippen molar-refractivity contribution in [2.45, 2.75) is 39.7 Å². The largest absolute Gasteiger partial charge is 0.396 e. The first-order chi connectivity index (χ1) is 8.29. The van der Waals surface area contributed by atoms with E-state index in [1.807, 2.05) is 33.8 Å². The van der Waals surface area contributed by atoms with Gasteiger partial charge in [-0.05, 0) is 39.3 Å². The third-order valence-electron chi connectivity index (χ3n) is 2.37. The number of rotatable bonds is 4. The Morgan fingerprint density at radius 3 is 2.72 bits per heavy atom. The highest BCUT2D eigenvalue weighted by Crippen LogP contribution is 2.18. The molecule has 0 radical (unpaired) electrons. The summed E-state index contributed by atoms with van der Waals surface area (Å²) in [6.45, 7) is 8.31. The molecule has 0 spiro atoms. The van der Waals surface area contributed by atoms with E-state index in [1.54, 1.807) is 6.20 Å². The van der Waals surface area contributed by atoms with Crippen molar-refractivity contribution in [3.63, 3.8) is 0 Å². The third kappa shape index (κ3) is 4.61. The SMILES string of the molecule is Cc1ccnc(NCCC(=O)NC(C)(C)C)c1N. The van der Waals surface area contributed by atoms with Crippen molar-refractivity contribution < 1.29 is 4.79 Å². The normalized spacial score (nSPS) is 11.1. The van der Waals surface area contributed by atoms with Crippen LogP contribution in [0.15, 0.2) is 12.3 Å². The molecule has 0 aliphatic rings. The van der Waals surface area contributed by atoms with Crippen molar-refractivity contribution in [2.24, 2.45) is 0 Å². The number of aryl methyl sites for hydroxylation is 1. The van der Waals surface area contributed by atoms with Gasteiger partial charge in [-0.15, -0.1) is 0 Å². The summed E-state index contributed by atoms with van der Waals surface area (Å²) in [6.07, 6.45) is 2.09. The Labute approximate surface area is 108 Å². The van der Waals surface area contributed by atoms with Crippen molar-refractivity contribution in [1.82, 2.24) is 10.3 Å². The van der Waals surface area contributed by atoms with Gasteiger partial charge in [0.05, 0.1) is 5.69 Å². The number of anilines is 2. The molecule has 1 aromatic heterocycles. The minimum Gasteiger partial charge on any atom is -0.396 e. The van der Waals surface area contributed by atoms with Gasteiger partial charge in [-0.1, -0.05) is 0 Å². The first-order valence-electron chi connectivity index (χ1n) is 6.05. The van der Waals surface area contributed by atoms with Gasteiger partial charge in [-0.2, -0.15) is 0 Å². The van der Waals surface area contributed by atoms with Crippen molar-refractivity contribution in [2.75, 3.05) is 17.6 Å². The van der Waals surface area contributed by atoms with Crippen LogP contribution in [0.5, 0.6) is 0 Å². The van der Waals surface area contributed by atoms with Crippen LogP contribution >= 0.6 is 0 Å². The number of hydrogen-bond acceptors (Lipinski definition) is 4. The second kappa shape index (κ2) is 5.71. The fourth-order valence-electron chi connectivity index (χ4n) is 1.49. The number of hydrogen-bond donors (Lipinski definition) is 3. The Kier molecular flexibility index (Phi) is 4.53. The van der Waals surface area contributed by atoms with E-state index in [9.17, 15) is 4.79 Å². The molecule has 0 unspecified atom stereocenters. The van der Waals surface area contributed by atoms with Gasteiger partial charge in [0.15, 0.2) is 0 Å². The molecule has 1 amide bonds. The molecule has 0 atom stereocenters. The standard InChI is InChI=1S/C13H22N4O/c1-9-5-7-15-12(11(9)14)16-8-6-10(18)17-13(2,3)4/h5,7H,6,8,14H2,1-4H3,(H,15,16)(H,17,18). The fraction of sp³-hybridized carbons (Fsp3) is 0.538. The molecule has 0 saturated carbocycles. The smallest absolute Gasteiger partial charge is 0.222 e. The number of pyridine rings is 1. The van der Waals surface area contributed by atoms with Crippen LogP contribution in [0.1, 0.15) is 32.8 Å². The molecule has 4 N–H and O–H groups in total. The van der Waals surface area contributed by atoms with Crippen molar-refractivity contribution >= 4 is 17.4 Å². The van der Waals surface area contributed by atoms with E-state index in [1.165, 1.54) is 0 Å². The van der Waals surface area contributed by atoms with Crippen LogP contribution in [0.25, 0.3) is 0 Å². The Morgan fingerprint density at radius 1 is 1.44 bits per heavy atom. The van der Waals surface area contributed by atoms with Gasteiger partial charge in [0.25, 0.3) is 0 Å². The molecular weight excluding hydrogens is 228 g/mol. The van der Waals surface area contributed by atoms with Gasteiger partial charge in [0, 0.05) is 24.7 Å². The summed E-state index contributed by atoms with van der Waals surface area (Å²) in [4.78, 5) is 15.7. The first-order valence-corrected chi connectivity index (χ1v) is 6.05. The second-order valence-corrected chi connectivity index (χ2v) is 5.37. The van der Waals surface area contributed by atoms with Crippen molar-refractivity contribution in [1.29, 1.82) is 0 Å². The van der Waals surface area contributed by atoms with Gasteiger partial charge >= 0.3 is 0 Å². The molecule has 1 heterocycles. The number of nitrogens with one attached hydrogen (secondary N) is 2. The van der Waals surface area contributed by atoms with E-state index in [4.69, 9.17) is 5.73 Å². The molecule has 0 fully saturated rings. The van der Waals surface area contributed by atoms with Crippen LogP contribution in [0, 0.1) is 6.92 Å². The molecule has 0 bridgehead atoms. The number of carbonyl (C=O) groups excluding carboxylic acids is 1. The number of amides is 1. The molecule has 18 heavy (non-hydrogen) atoms. The minimum atomic E-state index is -0.197. The zero-order valence-corrected chi connectivity index (χ0v) is 11.5. The topological polar surface area (TPSA) is 80.0 Å². The maximum atomic E-state index is 11.6. The summed E-state index contributed by atoms with van der Waals surface area (Å²) in [7, 11) is 0. The second-order valence-electron chi connectivity index (χ2n) is 5.37. The lowest BCUT2D eigenvalue weighted by Crippen LogP contribution is -2.41. The van der Waals surface area contributed by atoms with E-state index in [0.29, 0.717) is 24.5 Å². The Bertz CT molecular complexity index is 423. The quantitative estimate of drug-likeness (QED) is 0.759. The number of nitrogen functional groups attached to an aromatic ring is 1. The molecule has 1 rings (SSSR count). The van der Waals surface area contributed by atoms with Crippen molar-refractivity contribution in [3.8, 4) is 0 Å². The molecule has 5 heteroatoms. The fourth-order valence-corrected chi connectivity index (χ4v) is 1.49. The molecule has 1 aromatic rings. The van der Waals surface area contributed by atoms with Crippen LogP contribution in [-0.4, -0.2) is 23.0 Å². The van der Waals surface area contributed by atoms with Crippen LogP contribution in [0.3, 0.4) is 0 Å². The third-order valence-corrected chi connectivity index (χ3v) is 2.37. The Balaban J connectivity index is 2.43. The van der Waals surface area contributed by atoms with Gasteiger partial charge in [-0.25, -0.2) is 4.98 Å². The lowest BCUT2D eigenvalue weighted by atomic mass is 10.1. The summed E-state index contributed by atoms with van der Waals surface area (Å²) < 4.78 is 0. The predicted molar refractivity (Wildman–Crippen MR) is 74.4 cm³/mol. The molecule has 5 nitrogen and oxygen atoms in total. The van der Waals surface area contributed by atoms with Crippen molar-refractivity contribution in [3.05, 3.63) is 17.8 Å². The molecular formula is C13H22N4O. The van der Waals surface area contributed by atoms with E-state index in [2.05, 4.69) is 15.6 Å². The molecule has 0 saturated heterocycles. The van der Waals surface area contributed by atoms with Gasteiger partial charge < -0.3 is 16.4 Å². The van der Waals surface area contributed by atoms with Crippen LogP contribution in [0.2, 0.25) is 0 Å². The summed E-state index contributed by atoms with van der Waals surface area (Å²) in [5.41, 5.74) is 7.29. The van der Waals surface area contributed by atoms with E-state index in [0.717, 1.165) is 5.56 Å². The zero-order valence-electron chi connectivity index (χ0n) is 11.5. The lowest BCUT2D eigenvalue weighted by Gasteiger charge is -2.20. The van der Waals surface area contributed by atoms with Crippen LogP contribution in [0.4, 0.5) is 11.5 Å². The molecule has 0 aliphatic carbocycles. The van der Waals surface area contributed by atoms with Gasteiger partial charge in [0.1, 0.15) is 5.82 Å². The number of aromatic nitrogens is 1. The average molecular weight is 250 g/mol. The lowest BCUT2D eigenvalue weighted by molar-refractivity contribution is -0.122. The summed E-state index contributed by atoms with van der Waals surface area (Å²) in [5, 5.41) is 5.97. The van der Waals surface area contributed by atoms with E-state index in [-0.39, 0.29) is 11.4 Å². The Hall–Kier alpha value is -1.78. The number of nitrogens with zero attached hydrogens (tertiary/aromatic N) is 1. The minimum absolute atomic E-state index is 0.0150. The zero-order chi connectivity index (χ0) is 13.8. The average Bonchev–Trinajstić information content (AvgIpc) is 2.21. The molecule has 0 aliphatic heterocycles. The maximum Gasteiger partial charge on any atom is 0.222 e. The predicted octanol–water partition coefficient (Wildman–Crippen LogP) is 1.69. The Morgan fingerprint density at radius 2 is 2.11 bits per heavy atom. The number of carbonyl (C=O) groups is 1. The maximum absolute atomic E-state index is 11.6. The highest BCUT2D eigenvalue weighted by molar-refractivity contribution is 5.77. The van der Waals surface area contributed by atoms with Crippen LogP contribution < -0.4 is 16.4 Å². The van der Waals surface area contributed by atoms with Gasteiger partial charge in [0.2, 0.25) is 5.91 Å². The highest BCUT2D eigenvalue weighted by Gasteiger charge is 2.13. The highest BCUT2D eigenvalue weighted by atomic mass is 16.1. The van der Waals surface area contributed by atoms with Crippen LogP contribution in [-0.2, 0) is 4.79 Å². The first kappa shape index (κ1) is 14.3. The molecule has 0 aromatic carbocycles. The molecule has 100 valence electrons. The summed E-state index contributed by atoms with van der Waals surface area (Å²) >= 11 is 0. The monoisotopic (exact) mass is 250 g/mol. The summed E-state index contributed by atoms with van der Waals surface area (Å²) in [5.74, 6) is 0.653. The van der Waals surface area contributed by atoms with Gasteiger partial charge in [-0.3, -0.25) is 4.79 Å². The number of nitrogens with two attached hydrogens (primary N) is 1. The van der Waals surface area contributed by atoms with E-state index < -0.39 is 0 Å². The van der Waals surface area contributed by atoms with E-state index >= 15 is 0 Å².